The number of ether oxygens (including phenoxy) is 1. The quantitative estimate of drug-likeness (QED) is 0.535. The molecule has 0 spiro atoms. The SMILES string of the molecule is CCCCCCOc1ccc(Cl)c(CCl)n1. The van der Waals surface area contributed by atoms with Crippen molar-refractivity contribution in [2.75, 3.05) is 6.61 Å². The molecule has 0 aliphatic carbocycles. The summed E-state index contributed by atoms with van der Waals surface area (Å²) in [6.45, 7) is 2.89. The molecule has 0 radical (unpaired) electrons. The number of aromatic nitrogens is 1. The fourth-order valence-electron chi connectivity index (χ4n) is 1.34. The van der Waals surface area contributed by atoms with Gasteiger partial charge in [0.25, 0.3) is 0 Å². The zero-order chi connectivity index (χ0) is 11.8. The molecule has 0 aromatic carbocycles. The summed E-state index contributed by atoms with van der Waals surface area (Å²) in [6, 6.07) is 3.55. The predicted octanol–water partition coefficient (Wildman–Crippen LogP) is 4.43. The van der Waals surface area contributed by atoms with Crippen LogP contribution in [0.3, 0.4) is 0 Å². The van der Waals surface area contributed by atoms with Crippen molar-refractivity contribution >= 4 is 23.2 Å². The maximum absolute atomic E-state index is 5.90. The first-order valence-electron chi connectivity index (χ1n) is 5.62. The predicted molar refractivity (Wildman–Crippen MR) is 68.4 cm³/mol. The van der Waals surface area contributed by atoms with E-state index in [-0.39, 0.29) is 0 Å². The van der Waals surface area contributed by atoms with Gasteiger partial charge < -0.3 is 4.74 Å². The Morgan fingerprint density at radius 1 is 1.25 bits per heavy atom. The lowest BCUT2D eigenvalue weighted by Crippen LogP contribution is -2.00. The molecule has 0 N–H and O–H groups in total. The van der Waals surface area contributed by atoms with E-state index in [1.165, 1.54) is 19.3 Å². The number of unbranched alkanes of at least 4 members (excludes halogenated alkanes) is 3. The smallest absolute Gasteiger partial charge is 0.213 e. The standard InChI is InChI=1S/C12H17Cl2NO/c1-2-3-4-5-8-16-12-7-6-10(14)11(9-13)15-12/h6-7H,2-5,8-9H2,1H3. The summed E-state index contributed by atoms with van der Waals surface area (Å²) in [7, 11) is 0. The number of alkyl halides is 1. The van der Waals surface area contributed by atoms with Crippen molar-refractivity contribution in [3.05, 3.63) is 22.8 Å². The second kappa shape index (κ2) is 7.75. The van der Waals surface area contributed by atoms with Gasteiger partial charge in [-0.2, -0.15) is 0 Å². The van der Waals surface area contributed by atoms with Crippen molar-refractivity contribution in [3.8, 4) is 5.88 Å². The van der Waals surface area contributed by atoms with Crippen molar-refractivity contribution in [1.82, 2.24) is 4.98 Å². The first-order valence-corrected chi connectivity index (χ1v) is 6.53. The van der Waals surface area contributed by atoms with Gasteiger partial charge in [0, 0.05) is 6.07 Å². The van der Waals surface area contributed by atoms with Gasteiger partial charge in [0.2, 0.25) is 5.88 Å². The molecule has 0 saturated carbocycles. The van der Waals surface area contributed by atoms with E-state index in [1.54, 1.807) is 12.1 Å². The lowest BCUT2D eigenvalue weighted by atomic mass is 10.2. The zero-order valence-electron chi connectivity index (χ0n) is 9.51. The van der Waals surface area contributed by atoms with Crippen LogP contribution in [0.15, 0.2) is 12.1 Å². The van der Waals surface area contributed by atoms with Crippen LogP contribution in [-0.4, -0.2) is 11.6 Å². The summed E-state index contributed by atoms with van der Waals surface area (Å²) >= 11 is 11.6. The van der Waals surface area contributed by atoms with Gasteiger partial charge in [-0.3, -0.25) is 0 Å². The van der Waals surface area contributed by atoms with Crippen LogP contribution in [-0.2, 0) is 5.88 Å². The Morgan fingerprint density at radius 3 is 2.75 bits per heavy atom. The molecule has 0 atom stereocenters. The van der Waals surface area contributed by atoms with Crippen LogP contribution < -0.4 is 4.74 Å². The first kappa shape index (κ1) is 13.6. The molecule has 0 aliphatic heterocycles. The summed E-state index contributed by atoms with van der Waals surface area (Å²) in [6.07, 6.45) is 4.75. The van der Waals surface area contributed by atoms with Crippen molar-refractivity contribution in [3.63, 3.8) is 0 Å². The third-order valence-electron chi connectivity index (χ3n) is 2.27. The second-order valence-corrected chi connectivity index (χ2v) is 4.30. The molecule has 0 bridgehead atoms. The molecule has 1 heterocycles. The van der Waals surface area contributed by atoms with E-state index in [0.29, 0.717) is 29.1 Å². The van der Waals surface area contributed by atoms with Crippen LogP contribution in [0.2, 0.25) is 5.02 Å². The molecule has 0 aliphatic rings. The van der Waals surface area contributed by atoms with E-state index >= 15 is 0 Å². The molecule has 1 rings (SSSR count). The van der Waals surface area contributed by atoms with Gasteiger partial charge in [-0.15, -0.1) is 11.6 Å². The third kappa shape index (κ3) is 4.58. The van der Waals surface area contributed by atoms with Gasteiger partial charge in [-0.05, 0) is 12.5 Å². The zero-order valence-corrected chi connectivity index (χ0v) is 11.0. The second-order valence-electron chi connectivity index (χ2n) is 3.62. The van der Waals surface area contributed by atoms with Gasteiger partial charge >= 0.3 is 0 Å². The highest BCUT2D eigenvalue weighted by Gasteiger charge is 2.03. The summed E-state index contributed by atoms with van der Waals surface area (Å²) in [5.74, 6) is 0.919. The highest BCUT2D eigenvalue weighted by atomic mass is 35.5. The minimum absolute atomic E-state index is 0.311. The van der Waals surface area contributed by atoms with Crippen molar-refractivity contribution < 1.29 is 4.74 Å². The van der Waals surface area contributed by atoms with Crippen LogP contribution >= 0.6 is 23.2 Å². The number of hydrogen-bond acceptors (Lipinski definition) is 2. The van der Waals surface area contributed by atoms with E-state index in [2.05, 4.69) is 11.9 Å². The number of nitrogens with zero attached hydrogens (tertiary/aromatic N) is 1. The summed E-state index contributed by atoms with van der Waals surface area (Å²) < 4.78 is 5.52. The molecule has 0 amide bonds. The van der Waals surface area contributed by atoms with E-state index in [1.807, 2.05) is 0 Å². The van der Waals surface area contributed by atoms with E-state index in [4.69, 9.17) is 27.9 Å². The summed E-state index contributed by atoms with van der Waals surface area (Å²) in [4.78, 5) is 4.22. The molecule has 4 heteroatoms. The number of hydrogen-bond donors (Lipinski definition) is 0. The van der Waals surface area contributed by atoms with Crippen LogP contribution in [0.5, 0.6) is 5.88 Å². The maximum atomic E-state index is 5.90. The van der Waals surface area contributed by atoms with E-state index < -0.39 is 0 Å². The number of halogens is 2. The number of rotatable bonds is 7. The molecular formula is C12H17Cl2NO. The molecule has 0 fully saturated rings. The largest absolute Gasteiger partial charge is 0.478 e. The highest BCUT2D eigenvalue weighted by Crippen LogP contribution is 2.19. The Hall–Kier alpha value is -0.470. The Balaban J connectivity index is 2.36. The topological polar surface area (TPSA) is 22.1 Å². The molecular weight excluding hydrogens is 245 g/mol. The van der Waals surface area contributed by atoms with Gasteiger partial charge in [0.1, 0.15) is 0 Å². The van der Waals surface area contributed by atoms with Gasteiger partial charge in [0.15, 0.2) is 0 Å². The van der Waals surface area contributed by atoms with E-state index in [0.717, 1.165) is 6.42 Å². The average Bonchev–Trinajstić information content (AvgIpc) is 2.31. The molecule has 16 heavy (non-hydrogen) atoms. The van der Waals surface area contributed by atoms with E-state index in [9.17, 15) is 0 Å². The Morgan fingerprint density at radius 2 is 2.06 bits per heavy atom. The van der Waals surface area contributed by atoms with Gasteiger partial charge in [0.05, 0.1) is 23.2 Å². The molecule has 90 valence electrons. The average molecular weight is 262 g/mol. The fraction of sp³-hybridized carbons (Fsp3) is 0.583. The summed E-state index contributed by atoms with van der Waals surface area (Å²) in [5, 5.41) is 0.591. The number of pyridine rings is 1. The van der Waals surface area contributed by atoms with Crippen molar-refractivity contribution in [2.24, 2.45) is 0 Å². The molecule has 1 aromatic heterocycles. The monoisotopic (exact) mass is 261 g/mol. The van der Waals surface area contributed by atoms with Gasteiger partial charge in [-0.1, -0.05) is 37.8 Å². The minimum Gasteiger partial charge on any atom is -0.478 e. The fourth-order valence-corrected chi connectivity index (χ4v) is 1.79. The Kier molecular flexibility index (Phi) is 6.58. The van der Waals surface area contributed by atoms with Crippen LogP contribution in [0.1, 0.15) is 38.3 Å². The summed E-state index contributed by atoms with van der Waals surface area (Å²) in [5.41, 5.74) is 0.675. The maximum Gasteiger partial charge on any atom is 0.213 e. The van der Waals surface area contributed by atoms with Crippen LogP contribution in [0.25, 0.3) is 0 Å². The van der Waals surface area contributed by atoms with Crippen LogP contribution in [0, 0.1) is 0 Å². The van der Waals surface area contributed by atoms with Crippen molar-refractivity contribution in [1.29, 1.82) is 0 Å². The third-order valence-corrected chi connectivity index (χ3v) is 2.86. The lowest BCUT2D eigenvalue weighted by molar-refractivity contribution is 0.293. The molecule has 0 unspecified atom stereocenters. The van der Waals surface area contributed by atoms with Crippen LogP contribution in [0.4, 0.5) is 0 Å². The molecule has 2 nitrogen and oxygen atoms in total. The normalized spacial score (nSPS) is 10.4. The van der Waals surface area contributed by atoms with Gasteiger partial charge in [-0.25, -0.2) is 4.98 Å². The highest BCUT2D eigenvalue weighted by molar-refractivity contribution is 6.32. The first-order chi connectivity index (χ1) is 7.77. The lowest BCUT2D eigenvalue weighted by Gasteiger charge is -2.06. The minimum atomic E-state index is 0.311. The molecule has 1 aromatic rings. The van der Waals surface area contributed by atoms with Crippen molar-refractivity contribution in [2.45, 2.75) is 38.5 Å². The Labute approximate surface area is 107 Å². The molecule has 0 saturated heterocycles. The Bertz CT molecular complexity index is 318.